The predicted octanol–water partition coefficient (Wildman–Crippen LogP) is 4.17. The zero-order valence-corrected chi connectivity index (χ0v) is 11.1. The van der Waals surface area contributed by atoms with E-state index in [0.29, 0.717) is 0 Å². The molecule has 0 heterocycles. The van der Waals surface area contributed by atoms with E-state index in [0.717, 1.165) is 4.90 Å². The molecular formula is C13H16SSi. The molecule has 0 nitrogen and oxygen atoms in total. The van der Waals surface area contributed by atoms with Gasteiger partial charge in [-0.25, -0.2) is 0 Å². The molecule has 1 aromatic rings. The summed E-state index contributed by atoms with van der Waals surface area (Å²) < 4.78 is 15.5. The van der Waals surface area contributed by atoms with Crippen molar-refractivity contribution in [3.05, 3.63) is 41.8 Å². The highest BCUT2D eigenvalue weighted by Gasteiger charge is 2.06. The average Bonchev–Trinajstić information content (AvgIpc) is 2.26. The van der Waals surface area contributed by atoms with Crippen molar-refractivity contribution in [3.8, 4) is 11.5 Å². The molecule has 0 spiro atoms. The normalized spacial score (nSPS) is 14.3. The Balaban J connectivity index is 2.80. The first-order chi connectivity index (χ1) is 7.88. The molecule has 1 rings (SSSR count). The van der Waals surface area contributed by atoms with Crippen LogP contribution in [0.4, 0.5) is 0 Å². The summed E-state index contributed by atoms with van der Waals surface area (Å²) in [6.45, 7) is 6.38. The molecule has 0 N–H and O–H groups in total. The Bertz CT molecular complexity index is 464. The third-order valence-corrected chi connectivity index (χ3v) is 3.05. The van der Waals surface area contributed by atoms with Gasteiger partial charge in [0.2, 0.25) is 0 Å². The van der Waals surface area contributed by atoms with Crippen LogP contribution in [0.15, 0.2) is 46.7 Å². The zero-order chi connectivity index (χ0) is 12.9. The second kappa shape index (κ2) is 5.84. The summed E-state index contributed by atoms with van der Waals surface area (Å²) in [4.78, 5) is 0.969. The summed E-state index contributed by atoms with van der Waals surface area (Å²) in [5.74, 6) is 2.79. The molecule has 0 aliphatic heterocycles. The fourth-order valence-electron chi connectivity index (χ4n) is 0.817. The summed E-state index contributed by atoms with van der Waals surface area (Å²) >= 11 is 1.27. The lowest BCUT2D eigenvalue weighted by Gasteiger charge is -2.02. The summed E-state index contributed by atoms with van der Waals surface area (Å²) in [6.07, 6.45) is 0. The third kappa shape index (κ3) is 6.22. The molecule has 0 aliphatic rings. The molecule has 2 heteroatoms. The first kappa shape index (κ1) is 9.32. The van der Waals surface area contributed by atoms with Gasteiger partial charge >= 0.3 is 0 Å². The first-order valence-corrected chi connectivity index (χ1v) is 9.14. The minimum absolute atomic E-state index is 0.112. The van der Waals surface area contributed by atoms with E-state index < -0.39 is 8.07 Å². The van der Waals surface area contributed by atoms with Crippen molar-refractivity contribution in [2.75, 3.05) is 0 Å². The van der Waals surface area contributed by atoms with E-state index in [1.165, 1.54) is 11.8 Å². The first-order valence-electron chi connectivity index (χ1n) is 5.82. The molecule has 0 amide bonds. The Morgan fingerprint density at radius 2 is 1.93 bits per heavy atom. The zero-order valence-electron chi connectivity index (χ0n) is 11.3. The van der Waals surface area contributed by atoms with E-state index in [4.69, 9.17) is 2.74 Å². The molecule has 15 heavy (non-hydrogen) atoms. The molecule has 0 atom stereocenters. The lowest BCUT2D eigenvalue weighted by molar-refractivity contribution is 1.47. The highest BCUT2D eigenvalue weighted by Crippen LogP contribution is 2.17. The van der Waals surface area contributed by atoms with E-state index in [1.54, 1.807) is 0 Å². The topological polar surface area (TPSA) is 0 Å². The van der Waals surface area contributed by atoms with Crippen LogP contribution in [-0.2, 0) is 0 Å². The standard InChI is InChI=1S/C13H16SSi/c1-15(2,3)12-8-7-11-14-13-9-5-4-6-10-13/h4-7,9-11H,1-3H3/b11-7+/i7D,11D. The van der Waals surface area contributed by atoms with Crippen molar-refractivity contribution < 1.29 is 2.74 Å². The fraction of sp³-hybridized carbons (Fsp3) is 0.231. The van der Waals surface area contributed by atoms with Crippen molar-refractivity contribution >= 4 is 19.8 Å². The molecule has 0 aromatic heterocycles. The van der Waals surface area contributed by atoms with Gasteiger partial charge in [-0.1, -0.05) is 55.5 Å². The number of rotatable bonds is 2. The van der Waals surface area contributed by atoms with E-state index in [-0.39, 0.29) is 11.4 Å². The molecule has 0 saturated heterocycles. The van der Waals surface area contributed by atoms with E-state index >= 15 is 0 Å². The molecule has 0 radical (unpaired) electrons. The molecule has 0 unspecified atom stereocenters. The molecule has 78 valence electrons. The maximum atomic E-state index is 7.79. The van der Waals surface area contributed by atoms with Crippen molar-refractivity contribution in [3.63, 3.8) is 0 Å². The smallest absolute Gasteiger partial charge is 0.127 e. The minimum Gasteiger partial charge on any atom is -0.127 e. The van der Waals surface area contributed by atoms with Crippen molar-refractivity contribution in [2.45, 2.75) is 24.5 Å². The number of hydrogen-bond donors (Lipinski definition) is 0. The van der Waals surface area contributed by atoms with Crippen LogP contribution in [0.2, 0.25) is 19.6 Å². The number of thioether (sulfide) groups is 1. The summed E-state index contributed by atoms with van der Waals surface area (Å²) in [7, 11) is -1.47. The lowest BCUT2D eigenvalue weighted by Crippen LogP contribution is -2.16. The van der Waals surface area contributed by atoms with Crippen LogP contribution in [0.3, 0.4) is 0 Å². The number of benzene rings is 1. The van der Waals surface area contributed by atoms with E-state index in [1.807, 2.05) is 30.3 Å². The predicted molar refractivity (Wildman–Crippen MR) is 72.6 cm³/mol. The van der Waals surface area contributed by atoms with E-state index in [9.17, 15) is 0 Å². The van der Waals surface area contributed by atoms with Gasteiger partial charge in [-0.3, -0.25) is 0 Å². The van der Waals surface area contributed by atoms with Crippen LogP contribution in [-0.4, -0.2) is 8.07 Å². The summed E-state index contributed by atoms with van der Waals surface area (Å²) in [5.41, 5.74) is 3.10. The highest BCUT2D eigenvalue weighted by molar-refractivity contribution is 8.02. The minimum atomic E-state index is -1.47. The van der Waals surface area contributed by atoms with Gasteiger partial charge in [-0.05, 0) is 23.6 Å². The van der Waals surface area contributed by atoms with Crippen LogP contribution in [0.1, 0.15) is 2.74 Å². The Kier molecular flexibility index (Phi) is 3.63. The largest absolute Gasteiger partial charge is 0.129 e. The molecule has 0 bridgehead atoms. The fourth-order valence-corrected chi connectivity index (χ4v) is 1.77. The Morgan fingerprint density at radius 3 is 2.53 bits per heavy atom. The lowest BCUT2D eigenvalue weighted by atomic mass is 10.4. The molecule has 1 aromatic carbocycles. The van der Waals surface area contributed by atoms with Gasteiger partial charge in [0.25, 0.3) is 0 Å². The van der Waals surface area contributed by atoms with Crippen LogP contribution in [0.25, 0.3) is 0 Å². The van der Waals surface area contributed by atoms with Crippen molar-refractivity contribution in [1.82, 2.24) is 0 Å². The monoisotopic (exact) mass is 234 g/mol. The van der Waals surface area contributed by atoms with Gasteiger partial charge in [-0.15, -0.1) is 5.54 Å². The maximum Gasteiger partial charge on any atom is 0.129 e. The Hall–Kier alpha value is -0.913. The molecule has 0 aliphatic carbocycles. The SMILES string of the molecule is [2H]/C(C#C[Si](C)(C)C)=C(/[2H])Sc1ccccc1. The van der Waals surface area contributed by atoms with Gasteiger partial charge in [0.15, 0.2) is 0 Å². The average molecular weight is 234 g/mol. The van der Waals surface area contributed by atoms with Gasteiger partial charge in [0.1, 0.15) is 8.07 Å². The molecule has 0 saturated carbocycles. The van der Waals surface area contributed by atoms with Gasteiger partial charge in [0.05, 0.1) is 2.74 Å². The van der Waals surface area contributed by atoms with Crippen LogP contribution in [0.5, 0.6) is 0 Å². The summed E-state index contributed by atoms with van der Waals surface area (Å²) in [6, 6.07) is 9.75. The maximum absolute atomic E-state index is 7.79. The molecular weight excluding hydrogens is 216 g/mol. The van der Waals surface area contributed by atoms with Crippen molar-refractivity contribution in [2.24, 2.45) is 0 Å². The van der Waals surface area contributed by atoms with Crippen molar-refractivity contribution in [1.29, 1.82) is 0 Å². The Labute approximate surface area is 101 Å². The van der Waals surface area contributed by atoms with Crippen LogP contribution >= 0.6 is 11.8 Å². The quantitative estimate of drug-likeness (QED) is 0.420. The second-order valence-corrected chi connectivity index (χ2v) is 9.77. The van der Waals surface area contributed by atoms with Crippen LogP contribution < -0.4 is 0 Å². The third-order valence-electron chi connectivity index (χ3n) is 1.46. The summed E-state index contributed by atoms with van der Waals surface area (Å²) in [5, 5.41) is 0.210. The van der Waals surface area contributed by atoms with Gasteiger partial charge in [0, 0.05) is 4.90 Å². The number of hydrogen-bond acceptors (Lipinski definition) is 1. The Morgan fingerprint density at radius 1 is 1.27 bits per heavy atom. The van der Waals surface area contributed by atoms with E-state index in [2.05, 4.69) is 31.1 Å². The second-order valence-electron chi connectivity index (χ2n) is 4.14. The van der Waals surface area contributed by atoms with Gasteiger partial charge < -0.3 is 0 Å². The molecule has 0 fully saturated rings. The highest BCUT2D eigenvalue weighted by atomic mass is 32.2. The number of allylic oxidation sites excluding steroid dienone is 1. The van der Waals surface area contributed by atoms with Crippen LogP contribution in [0, 0.1) is 11.5 Å². The van der Waals surface area contributed by atoms with Gasteiger partial charge in [-0.2, -0.15) is 0 Å².